The molecular weight excluding hydrogens is 679 g/mol. The van der Waals surface area contributed by atoms with Crippen LogP contribution in [0.3, 0.4) is 0 Å². The number of hydrogen-bond donors (Lipinski definition) is 0. The summed E-state index contributed by atoms with van der Waals surface area (Å²) >= 11 is 0. The molecule has 0 spiro atoms. The van der Waals surface area contributed by atoms with E-state index in [-0.39, 0.29) is 0 Å². The largest absolute Gasteiger partial charge is 0.455 e. The summed E-state index contributed by atoms with van der Waals surface area (Å²) in [6, 6.07) is 76.6. The van der Waals surface area contributed by atoms with E-state index in [2.05, 4.69) is 211 Å². The number of rotatable bonds is 6. The molecule has 0 bridgehead atoms. The molecule has 0 radical (unpaired) electrons. The Hall–Kier alpha value is -7.42. The molecule has 2 nitrogen and oxygen atoms in total. The Kier molecular flexibility index (Phi) is 7.53. The van der Waals surface area contributed by atoms with Crippen LogP contribution in [0.2, 0.25) is 0 Å². The third kappa shape index (κ3) is 5.19. The first-order valence-corrected chi connectivity index (χ1v) is 19.2. The van der Waals surface area contributed by atoms with Gasteiger partial charge < -0.3 is 9.32 Å². The fourth-order valence-electron chi connectivity index (χ4n) is 8.72. The normalized spacial score (nSPS) is 11.6. The van der Waals surface area contributed by atoms with Gasteiger partial charge in [-0.2, -0.15) is 0 Å². The molecule has 0 atom stereocenters. The Morgan fingerprint density at radius 3 is 1.64 bits per heavy atom. The van der Waals surface area contributed by atoms with Gasteiger partial charge in [0.05, 0.1) is 5.69 Å². The number of furan rings is 1. The highest BCUT2D eigenvalue weighted by Gasteiger charge is 2.25. The van der Waals surface area contributed by atoms with Crippen molar-refractivity contribution < 1.29 is 4.42 Å². The smallest absolute Gasteiger partial charge is 0.143 e. The maximum absolute atomic E-state index is 6.58. The molecular formula is C54H35NO. The van der Waals surface area contributed by atoms with Crippen molar-refractivity contribution in [1.82, 2.24) is 0 Å². The summed E-state index contributed by atoms with van der Waals surface area (Å²) in [5, 5.41) is 9.53. The van der Waals surface area contributed by atoms with Crippen molar-refractivity contribution in [3.8, 4) is 33.4 Å². The van der Waals surface area contributed by atoms with Crippen LogP contribution in [-0.4, -0.2) is 0 Å². The highest BCUT2D eigenvalue weighted by Crippen LogP contribution is 2.51. The lowest BCUT2D eigenvalue weighted by atomic mass is 9.87. The molecule has 0 N–H and O–H groups in total. The molecule has 56 heavy (non-hydrogen) atoms. The zero-order chi connectivity index (χ0) is 37.0. The summed E-state index contributed by atoms with van der Waals surface area (Å²) in [6.07, 6.45) is 0. The lowest BCUT2D eigenvalue weighted by Gasteiger charge is -2.31. The van der Waals surface area contributed by atoms with Crippen LogP contribution in [0, 0.1) is 0 Å². The second-order valence-corrected chi connectivity index (χ2v) is 14.4. The van der Waals surface area contributed by atoms with Crippen molar-refractivity contribution in [2.75, 3.05) is 4.90 Å². The van der Waals surface area contributed by atoms with Gasteiger partial charge in [0.15, 0.2) is 0 Å². The van der Waals surface area contributed by atoms with Gasteiger partial charge >= 0.3 is 0 Å². The molecule has 0 fully saturated rings. The van der Waals surface area contributed by atoms with E-state index >= 15 is 0 Å². The van der Waals surface area contributed by atoms with Crippen molar-refractivity contribution in [1.29, 1.82) is 0 Å². The molecule has 0 aliphatic carbocycles. The van der Waals surface area contributed by atoms with Crippen molar-refractivity contribution in [3.63, 3.8) is 0 Å². The molecule has 0 aliphatic rings. The zero-order valence-corrected chi connectivity index (χ0v) is 30.6. The zero-order valence-electron chi connectivity index (χ0n) is 30.6. The molecule has 0 aliphatic heterocycles. The molecule has 0 saturated carbocycles. The first kappa shape index (κ1) is 32.0. The van der Waals surface area contributed by atoms with E-state index in [0.29, 0.717) is 0 Å². The molecule has 2 heteroatoms. The van der Waals surface area contributed by atoms with Crippen molar-refractivity contribution >= 4 is 71.3 Å². The average molecular weight is 714 g/mol. The van der Waals surface area contributed by atoms with Crippen molar-refractivity contribution in [3.05, 3.63) is 212 Å². The minimum absolute atomic E-state index is 0.896. The molecule has 10 aromatic carbocycles. The van der Waals surface area contributed by atoms with Crippen LogP contribution in [0.4, 0.5) is 17.1 Å². The Bertz CT molecular complexity index is 3260. The standard InChI is InChI=1S/C54H35NO/c1-2-16-36(17-3-1)38-20-12-22-40(34-38)55(41-23-13-21-39(35-41)43-30-15-32-50-46-27-10-11-33-51(46)56-54(43)50)53-49-29-9-7-26-45(49)44-25-6-8-28-48(44)52(53)47-31-14-19-37-18-4-5-24-42(37)47/h1-35H. The van der Waals surface area contributed by atoms with Crippen LogP contribution >= 0.6 is 0 Å². The Labute approximate surface area is 325 Å². The minimum atomic E-state index is 0.896. The van der Waals surface area contributed by atoms with Crippen molar-refractivity contribution in [2.45, 2.75) is 0 Å². The van der Waals surface area contributed by atoms with E-state index in [1.165, 1.54) is 49.0 Å². The Morgan fingerprint density at radius 2 is 0.839 bits per heavy atom. The maximum Gasteiger partial charge on any atom is 0.143 e. The molecule has 0 saturated heterocycles. The molecule has 1 heterocycles. The highest BCUT2D eigenvalue weighted by molar-refractivity contribution is 6.24. The minimum Gasteiger partial charge on any atom is -0.455 e. The lowest BCUT2D eigenvalue weighted by molar-refractivity contribution is 0.670. The number of anilines is 3. The number of hydrogen-bond acceptors (Lipinski definition) is 2. The van der Waals surface area contributed by atoms with E-state index in [4.69, 9.17) is 4.42 Å². The third-order valence-electron chi connectivity index (χ3n) is 11.2. The van der Waals surface area contributed by atoms with Crippen LogP contribution in [0.1, 0.15) is 0 Å². The summed E-state index contributed by atoms with van der Waals surface area (Å²) in [4.78, 5) is 2.49. The number of benzene rings is 10. The molecule has 11 rings (SSSR count). The van der Waals surface area contributed by atoms with Crippen molar-refractivity contribution in [2.24, 2.45) is 0 Å². The third-order valence-corrected chi connectivity index (χ3v) is 11.2. The van der Waals surface area contributed by atoms with Gasteiger partial charge in [-0.3, -0.25) is 0 Å². The van der Waals surface area contributed by atoms with E-state index in [1.54, 1.807) is 0 Å². The Balaban J connectivity index is 1.25. The SMILES string of the molecule is c1ccc(-c2cccc(N(c3cccc(-c4cccc5c4oc4ccccc45)c3)c3c(-c4cccc5ccccc45)c4ccccc4c4ccccc34)c2)cc1. The van der Waals surface area contributed by atoms with Crippen LogP contribution in [-0.2, 0) is 0 Å². The van der Waals surface area contributed by atoms with Crippen LogP contribution in [0.25, 0.3) is 87.6 Å². The molecule has 1 aromatic heterocycles. The second-order valence-electron chi connectivity index (χ2n) is 14.4. The number of nitrogens with zero attached hydrogens (tertiary/aromatic N) is 1. The van der Waals surface area contributed by atoms with Gasteiger partial charge in [-0.05, 0) is 79.5 Å². The molecule has 0 unspecified atom stereocenters. The summed E-state index contributed by atoms with van der Waals surface area (Å²) < 4.78 is 6.58. The number of fused-ring (bicyclic) bond motifs is 7. The van der Waals surface area contributed by atoms with Gasteiger partial charge in [0.2, 0.25) is 0 Å². The quantitative estimate of drug-likeness (QED) is 0.160. The van der Waals surface area contributed by atoms with Gasteiger partial charge in [-0.25, -0.2) is 0 Å². The predicted molar refractivity (Wildman–Crippen MR) is 237 cm³/mol. The molecule has 11 aromatic rings. The number of para-hydroxylation sites is 2. The van der Waals surface area contributed by atoms with Gasteiger partial charge in [-0.15, -0.1) is 0 Å². The van der Waals surface area contributed by atoms with Crippen LogP contribution in [0.5, 0.6) is 0 Å². The van der Waals surface area contributed by atoms with Crippen LogP contribution < -0.4 is 4.90 Å². The monoisotopic (exact) mass is 713 g/mol. The first-order chi connectivity index (χ1) is 27.8. The first-order valence-electron chi connectivity index (χ1n) is 19.2. The van der Waals surface area contributed by atoms with Gasteiger partial charge in [0.25, 0.3) is 0 Å². The van der Waals surface area contributed by atoms with E-state index < -0.39 is 0 Å². The predicted octanol–water partition coefficient (Wildman–Crippen LogP) is 15.5. The van der Waals surface area contributed by atoms with Gasteiger partial charge in [-0.1, -0.05) is 182 Å². The van der Waals surface area contributed by atoms with E-state index in [0.717, 1.165) is 55.7 Å². The summed E-state index contributed by atoms with van der Waals surface area (Å²) in [7, 11) is 0. The highest BCUT2D eigenvalue weighted by atomic mass is 16.3. The Morgan fingerprint density at radius 1 is 0.321 bits per heavy atom. The van der Waals surface area contributed by atoms with Crippen LogP contribution in [0.15, 0.2) is 217 Å². The molecule has 0 amide bonds. The second kappa shape index (κ2) is 13.2. The summed E-state index contributed by atoms with van der Waals surface area (Å²) in [5.41, 5.74) is 12.0. The summed E-state index contributed by atoms with van der Waals surface area (Å²) in [6.45, 7) is 0. The lowest BCUT2D eigenvalue weighted by Crippen LogP contribution is -2.12. The fraction of sp³-hybridized carbons (Fsp3) is 0. The molecule has 262 valence electrons. The topological polar surface area (TPSA) is 16.4 Å². The van der Waals surface area contributed by atoms with Gasteiger partial charge in [0, 0.05) is 38.7 Å². The fourth-order valence-corrected chi connectivity index (χ4v) is 8.72. The van der Waals surface area contributed by atoms with E-state index in [9.17, 15) is 0 Å². The average Bonchev–Trinajstić information content (AvgIpc) is 3.66. The maximum atomic E-state index is 6.58. The van der Waals surface area contributed by atoms with Gasteiger partial charge in [0.1, 0.15) is 11.2 Å². The van der Waals surface area contributed by atoms with E-state index in [1.807, 2.05) is 6.07 Å². The summed E-state index contributed by atoms with van der Waals surface area (Å²) in [5.74, 6) is 0.